The molecule has 0 aliphatic rings. The Morgan fingerprint density at radius 2 is 2.00 bits per heavy atom. The van der Waals surface area contributed by atoms with Gasteiger partial charge in [-0.3, -0.25) is 4.79 Å². The summed E-state index contributed by atoms with van der Waals surface area (Å²) in [5, 5.41) is 3.42. The van der Waals surface area contributed by atoms with Gasteiger partial charge in [0.1, 0.15) is 0 Å². The van der Waals surface area contributed by atoms with E-state index in [9.17, 15) is 4.79 Å². The van der Waals surface area contributed by atoms with Gasteiger partial charge in [-0.1, -0.05) is 42.1 Å². The summed E-state index contributed by atoms with van der Waals surface area (Å²) in [5.41, 5.74) is 2.35. The number of aromatic nitrogens is 3. The zero-order valence-electron chi connectivity index (χ0n) is 13.0. The van der Waals surface area contributed by atoms with E-state index in [1.165, 1.54) is 29.2 Å². The monoisotopic (exact) mass is 367 g/mol. The number of H-pyrrole nitrogens is 1. The minimum absolute atomic E-state index is 0.161. The third-order valence-corrected chi connectivity index (χ3v) is 5.24. The average Bonchev–Trinajstić information content (AvgIpc) is 3.32. The standard InChI is InChI=1S/C18H13N3O2S2/c22-16-9-14(12-5-2-1-3-6-12)20-18(21-16)25-11-13-10-24-17(19-13)15-7-4-8-23-15/h1-10H,11H2,(H,20,21,22). The number of nitrogens with zero attached hydrogens (tertiary/aromatic N) is 2. The normalized spacial score (nSPS) is 10.9. The number of thioether (sulfide) groups is 1. The van der Waals surface area contributed by atoms with Crippen molar-refractivity contribution in [3.05, 3.63) is 76.2 Å². The molecule has 0 fully saturated rings. The highest BCUT2D eigenvalue weighted by atomic mass is 32.2. The first-order chi connectivity index (χ1) is 12.3. The zero-order valence-corrected chi connectivity index (χ0v) is 14.6. The summed E-state index contributed by atoms with van der Waals surface area (Å²) in [6, 6.07) is 14.9. The first-order valence-electron chi connectivity index (χ1n) is 7.56. The van der Waals surface area contributed by atoms with Crippen LogP contribution in [0.2, 0.25) is 0 Å². The number of aromatic amines is 1. The predicted molar refractivity (Wildman–Crippen MR) is 99.7 cm³/mol. The molecule has 0 unspecified atom stereocenters. The van der Waals surface area contributed by atoms with E-state index >= 15 is 0 Å². The van der Waals surface area contributed by atoms with Crippen LogP contribution >= 0.6 is 23.1 Å². The molecule has 0 saturated heterocycles. The van der Waals surface area contributed by atoms with E-state index in [4.69, 9.17) is 4.42 Å². The molecule has 0 bridgehead atoms. The van der Waals surface area contributed by atoms with E-state index in [0.29, 0.717) is 16.6 Å². The molecule has 7 heteroatoms. The van der Waals surface area contributed by atoms with Gasteiger partial charge in [-0.2, -0.15) is 0 Å². The molecule has 3 aromatic heterocycles. The Balaban J connectivity index is 1.52. The number of hydrogen-bond acceptors (Lipinski definition) is 6. The van der Waals surface area contributed by atoms with E-state index in [0.717, 1.165) is 22.0 Å². The van der Waals surface area contributed by atoms with Crippen LogP contribution in [0.5, 0.6) is 0 Å². The molecule has 0 amide bonds. The molecule has 0 spiro atoms. The molecule has 0 radical (unpaired) electrons. The van der Waals surface area contributed by atoms with Crippen LogP contribution in [0.1, 0.15) is 5.69 Å². The van der Waals surface area contributed by atoms with E-state index in [1.807, 2.05) is 47.8 Å². The van der Waals surface area contributed by atoms with Crippen molar-refractivity contribution in [3.8, 4) is 22.0 Å². The average molecular weight is 367 g/mol. The third kappa shape index (κ3) is 3.72. The Labute approximate surface area is 151 Å². The van der Waals surface area contributed by atoms with Crippen LogP contribution in [0.4, 0.5) is 0 Å². The van der Waals surface area contributed by atoms with Crippen LogP contribution in [0.25, 0.3) is 22.0 Å². The molecule has 124 valence electrons. The van der Waals surface area contributed by atoms with E-state index in [2.05, 4.69) is 15.0 Å². The highest BCUT2D eigenvalue weighted by molar-refractivity contribution is 7.98. The van der Waals surface area contributed by atoms with Crippen LogP contribution in [-0.2, 0) is 5.75 Å². The number of hydrogen-bond donors (Lipinski definition) is 1. The summed E-state index contributed by atoms with van der Waals surface area (Å²) < 4.78 is 5.36. The van der Waals surface area contributed by atoms with Crippen molar-refractivity contribution in [1.82, 2.24) is 15.0 Å². The minimum Gasteiger partial charge on any atom is -0.462 e. The van der Waals surface area contributed by atoms with Crippen molar-refractivity contribution in [2.75, 3.05) is 0 Å². The topological polar surface area (TPSA) is 71.8 Å². The van der Waals surface area contributed by atoms with Gasteiger partial charge in [-0.25, -0.2) is 9.97 Å². The van der Waals surface area contributed by atoms with Crippen LogP contribution in [0, 0.1) is 0 Å². The minimum atomic E-state index is -0.161. The second-order valence-electron chi connectivity index (χ2n) is 5.21. The summed E-state index contributed by atoms with van der Waals surface area (Å²) in [7, 11) is 0. The molecule has 0 saturated carbocycles. The quantitative estimate of drug-likeness (QED) is 0.417. The largest absolute Gasteiger partial charge is 0.462 e. The maximum Gasteiger partial charge on any atom is 0.252 e. The summed E-state index contributed by atoms with van der Waals surface area (Å²) in [5.74, 6) is 1.39. The lowest BCUT2D eigenvalue weighted by atomic mass is 10.1. The lowest BCUT2D eigenvalue weighted by Gasteiger charge is -2.03. The van der Waals surface area contributed by atoms with Gasteiger partial charge in [-0.05, 0) is 12.1 Å². The molecular formula is C18H13N3O2S2. The summed E-state index contributed by atoms with van der Waals surface area (Å²) in [4.78, 5) is 23.8. The van der Waals surface area contributed by atoms with Gasteiger partial charge in [0, 0.05) is 22.8 Å². The zero-order chi connectivity index (χ0) is 17.1. The molecule has 5 nitrogen and oxygen atoms in total. The number of nitrogens with one attached hydrogen (secondary N) is 1. The van der Waals surface area contributed by atoms with Gasteiger partial charge in [0.15, 0.2) is 15.9 Å². The Hall–Kier alpha value is -2.64. The number of thiazole rings is 1. The van der Waals surface area contributed by atoms with Gasteiger partial charge >= 0.3 is 0 Å². The molecule has 0 aliphatic carbocycles. The summed E-state index contributed by atoms with van der Waals surface area (Å²) in [6.45, 7) is 0. The van der Waals surface area contributed by atoms with Crippen molar-refractivity contribution in [2.45, 2.75) is 10.9 Å². The van der Waals surface area contributed by atoms with Gasteiger partial charge in [0.2, 0.25) is 0 Å². The first kappa shape index (κ1) is 15.9. The van der Waals surface area contributed by atoms with Crippen molar-refractivity contribution in [3.63, 3.8) is 0 Å². The summed E-state index contributed by atoms with van der Waals surface area (Å²) >= 11 is 2.99. The SMILES string of the molecule is O=c1cc(-c2ccccc2)nc(SCc2csc(-c3ccco3)n2)[nH]1. The second-order valence-corrected chi connectivity index (χ2v) is 7.03. The van der Waals surface area contributed by atoms with Crippen molar-refractivity contribution < 1.29 is 4.42 Å². The number of benzene rings is 1. The molecule has 25 heavy (non-hydrogen) atoms. The third-order valence-electron chi connectivity index (χ3n) is 3.43. The molecule has 1 aromatic carbocycles. The van der Waals surface area contributed by atoms with Crippen LogP contribution in [-0.4, -0.2) is 15.0 Å². The smallest absolute Gasteiger partial charge is 0.252 e. The Bertz CT molecular complexity index is 1020. The fraction of sp³-hybridized carbons (Fsp3) is 0.0556. The number of furan rings is 1. The van der Waals surface area contributed by atoms with Crippen LogP contribution in [0.3, 0.4) is 0 Å². The van der Waals surface area contributed by atoms with Gasteiger partial charge in [0.05, 0.1) is 17.7 Å². The lowest BCUT2D eigenvalue weighted by Crippen LogP contribution is -2.08. The fourth-order valence-electron chi connectivity index (χ4n) is 2.29. The number of rotatable bonds is 5. The highest BCUT2D eigenvalue weighted by Crippen LogP contribution is 2.27. The van der Waals surface area contributed by atoms with Gasteiger partial charge < -0.3 is 9.40 Å². The molecule has 3 heterocycles. The van der Waals surface area contributed by atoms with Crippen molar-refractivity contribution in [2.24, 2.45) is 0 Å². The van der Waals surface area contributed by atoms with Crippen LogP contribution in [0.15, 0.2) is 74.5 Å². The predicted octanol–water partition coefficient (Wildman–Crippen LogP) is 4.45. The lowest BCUT2D eigenvalue weighted by molar-refractivity contribution is 0.581. The fourth-order valence-corrected chi connectivity index (χ4v) is 3.95. The molecule has 1 N–H and O–H groups in total. The molecule has 4 rings (SSSR count). The maximum atomic E-state index is 11.9. The molecular weight excluding hydrogens is 354 g/mol. The van der Waals surface area contributed by atoms with E-state index in [-0.39, 0.29) is 5.56 Å². The molecule has 4 aromatic rings. The Morgan fingerprint density at radius 3 is 2.80 bits per heavy atom. The summed E-state index contributed by atoms with van der Waals surface area (Å²) in [6.07, 6.45) is 1.63. The van der Waals surface area contributed by atoms with Gasteiger partial charge in [-0.15, -0.1) is 11.3 Å². The maximum absolute atomic E-state index is 11.9. The first-order valence-corrected chi connectivity index (χ1v) is 9.42. The molecule has 0 aliphatic heterocycles. The van der Waals surface area contributed by atoms with Gasteiger partial charge in [0.25, 0.3) is 5.56 Å². The van der Waals surface area contributed by atoms with Crippen molar-refractivity contribution >= 4 is 23.1 Å². The highest BCUT2D eigenvalue weighted by Gasteiger charge is 2.09. The van der Waals surface area contributed by atoms with Crippen molar-refractivity contribution in [1.29, 1.82) is 0 Å². The Morgan fingerprint density at radius 1 is 1.12 bits per heavy atom. The molecule has 0 atom stereocenters. The van der Waals surface area contributed by atoms with E-state index in [1.54, 1.807) is 6.26 Å². The second kappa shape index (κ2) is 7.08. The van der Waals surface area contributed by atoms with Crippen LogP contribution < -0.4 is 5.56 Å². The van der Waals surface area contributed by atoms with E-state index < -0.39 is 0 Å². The Kier molecular flexibility index (Phi) is 4.49.